The first kappa shape index (κ1) is 13.5. The highest BCUT2D eigenvalue weighted by Crippen LogP contribution is 2.12. The normalized spacial score (nSPS) is 10.9. The molecule has 0 aliphatic carbocycles. The number of anilines is 1. The number of primary sulfonamides is 1. The Kier molecular flexibility index (Phi) is 4.47. The Morgan fingerprint density at radius 2 is 1.94 bits per heavy atom. The molecule has 0 aliphatic heterocycles. The Morgan fingerprint density at radius 1 is 1.35 bits per heavy atom. The van der Waals surface area contributed by atoms with Crippen LogP contribution in [0.5, 0.6) is 0 Å². The van der Waals surface area contributed by atoms with Crippen LogP contribution in [0.4, 0.5) is 5.69 Å². The number of ether oxygens (including phenoxy) is 1. The summed E-state index contributed by atoms with van der Waals surface area (Å²) in [6.45, 7) is 0.418. The molecule has 0 atom stereocenters. The molecule has 6 nitrogen and oxygen atoms in total. The summed E-state index contributed by atoms with van der Waals surface area (Å²) >= 11 is 0. The van der Waals surface area contributed by atoms with Crippen molar-refractivity contribution in [1.29, 1.82) is 0 Å². The van der Waals surface area contributed by atoms with Crippen molar-refractivity contribution >= 4 is 21.7 Å². The van der Waals surface area contributed by atoms with Crippen molar-refractivity contribution in [3.05, 3.63) is 24.3 Å². The third kappa shape index (κ3) is 4.41. The van der Waals surface area contributed by atoms with Gasteiger partial charge in [0.25, 0.3) is 0 Å². The fourth-order valence-corrected chi connectivity index (χ4v) is 1.69. The summed E-state index contributed by atoms with van der Waals surface area (Å²) in [5.41, 5.74) is 0.710. The highest BCUT2D eigenvalue weighted by Gasteiger charge is 2.06. The molecular weight excluding hydrogens is 244 g/mol. The molecule has 0 unspecified atom stereocenters. The topological polar surface area (TPSA) is 98.5 Å². The Morgan fingerprint density at radius 3 is 2.41 bits per heavy atom. The quantitative estimate of drug-likeness (QED) is 0.740. The van der Waals surface area contributed by atoms with Gasteiger partial charge in [0.1, 0.15) is 0 Å². The second kappa shape index (κ2) is 5.65. The van der Waals surface area contributed by atoms with Crippen molar-refractivity contribution in [1.82, 2.24) is 0 Å². The van der Waals surface area contributed by atoms with Gasteiger partial charge in [0.05, 0.1) is 18.4 Å². The second-order valence-electron chi connectivity index (χ2n) is 3.32. The fourth-order valence-electron chi connectivity index (χ4n) is 1.17. The number of sulfonamides is 1. The molecule has 1 aromatic rings. The lowest BCUT2D eigenvalue weighted by atomic mass is 10.3. The van der Waals surface area contributed by atoms with Crippen molar-refractivity contribution in [2.75, 3.05) is 19.0 Å². The van der Waals surface area contributed by atoms with Gasteiger partial charge in [-0.1, -0.05) is 0 Å². The van der Waals surface area contributed by atoms with Gasteiger partial charge in [-0.2, -0.15) is 0 Å². The van der Waals surface area contributed by atoms with Gasteiger partial charge in [-0.25, -0.2) is 13.6 Å². The van der Waals surface area contributed by atoms with Crippen LogP contribution >= 0.6 is 0 Å². The van der Waals surface area contributed by atoms with Gasteiger partial charge in [-0.15, -0.1) is 0 Å². The molecule has 0 aromatic heterocycles. The number of nitrogens with one attached hydrogen (secondary N) is 1. The highest BCUT2D eigenvalue weighted by molar-refractivity contribution is 7.89. The number of rotatable bonds is 5. The molecular formula is C10H14N2O4S. The summed E-state index contributed by atoms with van der Waals surface area (Å²) in [6, 6.07) is 5.96. The zero-order valence-corrected chi connectivity index (χ0v) is 10.2. The number of nitrogens with two attached hydrogens (primary N) is 1. The van der Waals surface area contributed by atoms with Gasteiger partial charge in [0.15, 0.2) is 0 Å². The molecule has 17 heavy (non-hydrogen) atoms. The molecule has 0 radical (unpaired) electrons. The number of benzene rings is 1. The van der Waals surface area contributed by atoms with E-state index in [2.05, 4.69) is 10.1 Å². The maximum atomic E-state index is 11.0. The lowest BCUT2D eigenvalue weighted by Gasteiger charge is -2.06. The van der Waals surface area contributed by atoms with Crippen molar-refractivity contribution in [3.63, 3.8) is 0 Å². The molecule has 1 aromatic carbocycles. The number of methoxy groups -OCH3 is 1. The molecule has 0 heterocycles. The Bertz CT molecular complexity index is 482. The molecule has 94 valence electrons. The molecule has 0 amide bonds. The van der Waals surface area contributed by atoms with E-state index in [4.69, 9.17) is 5.14 Å². The van der Waals surface area contributed by atoms with Crippen molar-refractivity contribution < 1.29 is 17.9 Å². The average molecular weight is 258 g/mol. The lowest BCUT2D eigenvalue weighted by Crippen LogP contribution is -2.12. The van der Waals surface area contributed by atoms with E-state index >= 15 is 0 Å². The van der Waals surface area contributed by atoms with Crippen LogP contribution in [-0.4, -0.2) is 28.0 Å². The minimum absolute atomic E-state index is 0.0519. The molecule has 1 rings (SSSR count). The van der Waals surface area contributed by atoms with Crippen LogP contribution in [0.25, 0.3) is 0 Å². The van der Waals surface area contributed by atoms with Crippen LogP contribution in [0.1, 0.15) is 6.42 Å². The predicted octanol–water partition coefficient (Wildman–Crippen LogP) is 0.309. The van der Waals surface area contributed by atoms with Crippen LogP contribution < -0.4 is 10.5 Å². The van der Waals surface area contributed by atoms with E-state index in [9.17, 15) is 13.2 Å². The molecule has 0 fully saturated rings. The number of carbonyl (C=O) groups excluding carboxylic acids is 1. The van der Waals surface area contributed by atoms with Crippen molar-refractivity contribution in [2.45, 2.75) is 11.3 Å². The summed E-state index contributed by atoms with van der Waals surface area (Å²) in [5.74, 6) is -0.307. The number of esters is 1. The maximum Gasteiger partial charge on any atom is 0.307 e. The number of carbonyl (C=O) groups is 1. The van der Waals surface area contributed by atoms with Crippen LogP contribution in [0.15, 0.2) is 29.2 Å². The smallest absolute Gasteiger partial charge is 0.307 e. The van der Waals surface area contributed by atoms with Crippen LogP contribution in [0.3, 0.4) is 0 Å². The van der Waals surface area contributed by atoms with E-state index in [-0.39, 0.29) is 17.3 Å². The fraction of sp³-hybridized carbons (Fsp3) is 0.300. The van der Waals surface area contributed by atoms with Crippen LogP contribution in [0, 0.1) is 0 Å². The van der Waals surface area contributed by atoms with Gasteiger partial charge in [0.2, 0.25) is 10.0 Å². The first-order chi connectivity index (χ1) is 7.93. The number of hydrogen-bond acceptors (Lipinski definition) is 5. The Hall–Kier alpha value is -1.60. The largest absolute Gasteiger partial charge is 0.469 e. The number of hydrogen-bond donors (Lipinski definition) is 2. The summed E-state index contributed by atoms with van der Waals surface area (Å²) in [4.78, 5) is 10.9. The van der Waals surface area contributed by atoms with Gasteiger partial charge in [-0.3, -0.25) is 4.79 Å². The second-order valence-corrected chi connectivity index (χ2v) is 4.88. The van der Waals surface area contributed by atoms with Crippen LogP contribution in [0.2, 0.25) is 0 Å². The third-order valence-electron chi connectivity index (χ3n) is 2.07. The van der Waals surface area contributed by atoms with E-state index in [0.717, 1.165) is 0 Å². The molecule has 0 saturated carbocycles. The summed E-state index contributed by atoms with van der Waals surface area (Å²) in [7, 11) is -2.34. The van der Waals surface area contributed by atoms with Crippen molar-refractivity contribution in [2.24, 2.45) is 5.14 Å². The van der Waals surface area contributed by atoms with Gasteiger partial charge >= 0.3 is 5.97 Å². The van der Waals surface area contributed by atoms with Crippen molar-refractivity contribution in [3.8, 4) is 0 Å². The first-order valence-electron chi connectivity index (χ1n) is 4.87. The van der Waals surface area contributed by atoms with E-state index in [1.165, 1.54) is 19.2 Å². The average Bonchev–Trinajstić information content (AvgIpc) is 2.28. The SMILES string of the molecule is COC(=O)CCNc1ccc(S(N)(=O)=O)cc1. The lowest BCUT2D eigenvalue weighted by molar-refractivity contribution is -0.140. The molecule has 0 aliphatic rings. The minimum atomic E-state index is -3.66. The summed E-state index contributed by atoms with van der Waals surface area (Å²) in [6.07, 6.45) is 0.243. The van der Waals surface area contributed by atoms with E-state index in [1.807, 2.05) is 0 Å². The Balaban J connectivity index is 2.55. The van der Waals surface area contributed by atoms with E-state index in [0.29, 0.717) is 12.2 Å². The van der Waals surface area contributed by atoms with Gasteiger partial charge in [-0.05, 0) is 24.3 Å². The van der Waals surface area contributed by atoms with Crippen LogP contribution in [-0.2, 0) is 19.6 Å². The first-order valence-corrected chi connectivity index (χ1v) is 6.41. The molecule has 0 bridgehead atoms. The zero-order valence-electron chi connectivity index (χ0n) is 9.34. The predicted molar refractivity (Wildman–Crippen MR) is 62.9 cm³/mol. The molecule has 0 saturated heterocycles. The maximum absolute atomic E-state index is 11.0. The highest BCUT2D eigenvalue weighted by atomic mass is 32.2. The standard InChI is InChI=1S/C10H14N2O4S/c1-16-10(13)6-7-12-8-2-4-9(5-3-8)17(11,14)15/h2-5,12H,6-7H2,1H3,(H2,11,14,15). The van der Waals surface area contributed by atoms with E-state index in [1.54, 1.807) is 12.1 Å². The minimum Gasteiger partial charge on any atom is -0.469 e. The monoisotopic (exact) mass is 258 g/mol. The summed E-state index contributed by atoms with van der Waals surface area (Å²) < 4.78 is 26.4. The van der Waals surface area contributed by atoms with Gasteiger partial charge < -0.3 is 10.1 Å². The Labute approximate surface area is 99.8 Å². The summed E-state index contributed by atoms with van der Waals surface area (Å²) in [5, 5.41) is 7.91. The zero-order chi connectivity index (χ0) is 12.9. The molecule has 3 N–H and O–H groups in total. The molecule has 0 spiro atoms. The van der Waals surface area contributed by atoms with Gasteiger partial charge in [0, 0.05) is 12.2 Å². The molecule has 7 heteroatoms. The third-order valence-corrected chi connectivity index (χ3v) is 3.00. The van der Waals surface area contributed by atoms with E-state index < -0.39 is 10.0 Å².